The molecule has 2 amide bonds. The third kappa shape index (κ3) is 4.58. The van der Waals surface area contributed by atoms with Gasteiger partial charge in [0.15, 0.2) is 0 Å². The van der Waals surface area contributed by atoms with E-state index in [0.29, 0.717) is 12.3 Å². The van der Waals surface area contributed by atoms with Gasteiger partial charge in [-0.3, -0.25) is 0 Å². The number of carbonyl (C=O) groups is 1. The number of hydrogen-bond donors (Lipinski definition) is 2. The molecule has 0 fully saturated rings. The predicted octanol–water partition coefficient (Wildman–Crippen LogP) is 1.30. The summed E-state index contributed by atoms with van der Waals surface area (Å²) in [6.07, 6.45) is 1.62. The third-order valence-electron chi connectivity index (χ3n) is 2.26. The standard InChI is InChI=1S/C12H20N4O2/c1-9(8-18-4)14-12(17)15-10-5-6-11(13-7-10)16(2)3/h5-7,9H,8H2,1-4H3,(H2,14,15,17)/t9-/m0/s1. The number of urea groups is 1. The number of ether oxygens (including phenoxy) is 1. The lowest BCUT2D eigenvalue weighted by Crippen LogP contribution is -2.38. The first-order chi connectivity index (χ1) is 8.52. The average Bonchev–Trinajstić information content (AvgIpc) is 2.29. The van der Waals surface area contributed by atoms with Crippen molar-refractivity contribution in [2.24, 2.45) is 0 Å². The summed E-state index contributed by atoms with van der Waals surface area (Å²) in [5.74, 6) is 0.841. The molecular weight excluding hydrogens is 232 g/mol. The quantitative estimate of drug-likeness (QED) is 0.829. The molecule has 0 spiro atoms. The van der Waals surface area contributed by atoms with Crippen LogP contribution in [0.3, 0.4) is 0 Å². The van der Waals surface area contributed by atoms with Crippen molar-refractivity contribution in [1.82, 2.24) is 10.3 Å². The van der Waals surface area contributed by atoms with Gasteiger partial charge in [0.05, 0.1) is 24.5 Å². The molecule has 0 saturated heterocycles. The number of hydrogen-bond acceptors (Lipinski definition) is 4. The molecule has 0 unspecified atom stereocenters. The molecule has 1 aromatic heterocycles. The molecule has 0 radical (unpaired) electrons. The van der Waals surface area contributed by atoms with Gasteiger partial charge < -0.3 is 20.3 Å². The lowest BCUT2D eigenvalue weighted by molar-refractivity contribution is 0.173. The maximum atomic E-state index is 11.6. The van der Waals surface area contributed by atoms with Gasteiger partial charge in [0.2, 0.25) is 0 Å². The van der Waals surface area contributed by atoms with E-state index in [4.69, 9.17) is 4.74 Å². The van der Waals surface area contributed by atoms with Gasteiger partial charge in [-0.25, -0.2) is 9.78 Å². The first-order valence-electron chi connectivity index (χ1n) is 5.72. The van der Waals surface area contributed by atoms with Crippen molar-refractivity contribution in [3.63, 3.8) is 0 Å². The molecule has 0 saturated carbocycles. The summed E-state index contributed by atoms with van der Waals surface area (Å²) in [7, 11) is 5.42. The minimum absolute atomic E-state index is 0.0380. The Morgan fingerprint density at radius 2 is 2.22 bits per heavy atom. The van der Waals surface area contributed by atoms with E-state index in [-0.39, 0.29) is 12.1 Å². The summed E-state index contributed by atoms with van der Waals surface area (Å²) < 4.78 is 4.94. The minimum Gasteiger partial charge on any atom is -0.383 e. The lowest BCUT2D eigenvalue weighted by atomic mass is 10.3. The van der Waals surface area contributed by atoms with Crippen LogP contribution in [0.5, 0.6) is 0 Å². The van der Waals surface area contributed by atoms with Crippen LogP contribution in [0.25, 0.3) is 0 Å². The van der Waals surface area contributed by atoms with Crippen molar-refractivity contribution < 1.29 is 9.53 Å². The molecule has 100 valence electrons. The molecule has 0 aliphatic carbocycles. The highest BCUT2D eigenvalue weighted by Crippen LogP contribution is 2.11. The maximum absolute atomic E-state index is 11.6. The monoisotopic (exact) mass is 252 g/mol. The van der Waals surface area contributed by atoms with Gasteiger partial charge in [-0.15, -0.1) is 0 Å². The second-order valence-electron chi connectivity index (χ2n) is 4.25. The predicted molar refractivity (Wildman–Crippen MR) is 72.1 cm³/mol. The van der Waals surface area contributed by atoms with Gasteiger partial charge in [-0.05, 0) is 19.1 Å². The Morgan fingerprint density at radius 3 is 2.72 bits per heavy atom. The number of anilines is 2. The Morgan fingerprint density at radius 1 is 1.50 bits per heavy atom. The smallest absolute Gasteiger partial charge is 0.319 e. The van der Waals surface area contributed by atoms with Gasteiger partial charge in [-0.2, -0.15) is 0 Å². The van der Waals surface area contributed by atoms with Crippen LogP contribution in [0.2, 0.25) is 0 Å². The molecule has 2 N–H and O–H groups in total. The summed E-state index contributed by atoms with van der Waals surface area (Å²) in [6, 6.07) is 3.35. The van der Waals surface area contributed by atoms with E-state index in [2.05, 4.69) is 15.6 Å². The second kappa shape index (κ2) is 6.80. The number of amides is 2. The van der Waals surface area contributed by atoms with Crippen molar-refractivity contribution in [2.75, 3.05) is 38.0 Å². The number of nitrogens with zero attached hydrogens (tertiary/aromatic N) is 2. The summed E-state index contributed by atoms with van der Waals surface area (Å²) >= 11 is 0. The molecule has 6 nitrogen and oxygen atoms in total. The van der Waals surface area contributed by atoms with Crippen LogP contribution in [-0.4, -0.2) is 44.9 Å². The fourth-order valence-electron chi connectivity index (χ4n) is 1.41. The zero-order valence-corrected chi connectivity index (χ0v) is 11.2. The summed E-state index contributed by atoms with van der Waals surface area (Å²) in [5, 5.41) is 5.46. The number of rotatable bonds is 5. The molecule has 0 bridgehead atoms. The van der Waals surface area contributed by atoms with E-state index in [9.17, 15) is 4.79 Å². The summed E-state index contributed by atoms with van der Waals surface area (Å²) in [4.78, 5) is 17.7. The topological polar surface area (TPSA) is 66.5 Å². The largest absolute Gasteiger partial charge is 0.383 e. The van der Waals surface area contributed by atoms with Crippen LogP contribution in [0.15, 0.2) is 18.3 Å². The minimum atomic E-state index is -0.265. The summed E-state index contributed by atoms with van der Waals surface area (Å²) in [5.41, 5.74) is 0.655. The molecule has 1 rings (SSSR count). The average molecular weight is 252 g/mol. The van der Waals surface area contributed by atoms with Crippen LogP contribution >= 0.6 is 0 Å². The first kappa shape index (κ1) is 14.2. The van der Waals surface area contributed by atoms with E-state index < -0.39 is 0 Å². The maximum Gasteiger partial charge on any atom is 0.319 e. The molecule has 0 aromatic carbocycles. The Kier molecular flexibility index (Phi) is 5.38. The Bertz CT molecular complexity index is 378. The Hall–Kier alpha value is -1.82. The molecule has 0 aliphatic rings. The van der Waals surface area contributed by atoms with E-state index in [1.165, 1.54) is 0 Å². The van der Waals surface area contributed by atoms with Gasteiger partial charge in [0.25, 0.3) is 0 Å². The molecule has 18 heavy (non-hydrogen) atoms. The molecular formula is C12H20N4O2. The van der Waals surface area contributed by atoms with Crippen LogP contribution < -0.4 is 15.5 Å². The lowest BCUT2D eigenvalue weighted by Gasteiger charge is -2.14. The molecule has 6 heteroatoms. The van der Waals surface area contributed by atoms with Crippen molar-refractivity contribution in [3.8, 4) is 0 Å². The van der Waals surface area contributed by atoms with Gasteiger partial charge in [-0.1, -0.05) is 0 Å². The SMILES string of the molecule is COC[C@H](C)NC(=O)Nc1ccc(N(C)C)nc1. The van der Waals surface area contributed by atoms with Crippen LogP contribution in [0.4, 0.5) is 16.3 Å². The fraction of sp³-hybridized carbons (Fsp3) is 0.500. The summed E-state index contributed by atoms with van der Waals surface area (Å²) in [6.45, 7) is 2.35. The van der Waals surface area contributed by atoms with E-state index in [1.54, 1.807) is 13.3 Å². The van der Waals surface area contributed by atoms with Crippen molar-refractivity contribution >= 4 is 17.5 Å². The van der Waals surface area contributed by atoms with Crippen LogP contribution in [-0.2, 0) is 4.74 Å². The normalized spacial score (nSPS) is 11.8. The molecule has 0 aliphatic heterocycles. The van der Waals surface area contributed by atoms with Crippen LogP contribution in [0.1, 0.15) is 6.92 Å². The number of carbonyl (C=O) groups excluding carboxylic acids is 1. The van der Waals surface area contributed by atoms with E-state index in [0.717, 1.165) is 5.82 Å². The Labute approximate surface area is 107 Å². The second-order valence-corrected chi connectivity index (χ2v) is 4.25. The fourth-order valence-corrected chi connectivity index (χ4v) is 1.41. The number of aromatic nitrogens is 1. The zero-order valence-electron chi connectivity index (χ0n) is 11.2. The first-order valence-corrected chi connectivity index (χ1v) is 5.72. The van der Waals surface area contributed by atoms with E-state index in [1.807, 2.05) is 38.1 Å². The van der Waals surface area contributed by atoms with Gasteiger partial charge in [0, 0.05) is 21.2 Å². The van der Waals surface area contributed by atoms with E-state index >= 15 is 0 Å². The Balaban J connectivity index is 2.49. The highest BCUT2D eigenvalue weighted by Gasteiger charge is 2.07. The molecule has 1 atom stereocenters. The third-order valence-corrected chi connectivity index (χ3v) is 2.26. The van der Waals surface area contributed by atoms with Crippen molar-refractivity contribution in [1.29, 1.82) is 0 Å². The molecule has 1 heterocycles. The molecule has 1 aromatic rings. The zero-order chi connectivity index (χ0) is 13.5. The van der Waals surface area contributed by atoms with Crippen molar-refractivity contribution in [3.05, 3.63) is 18.3 Å². The van der Waals surface area contributed by atoms with Gasteiger partial charge >= 0.3 is 6.03 Å². The number of methoxy groups -OCH3 is 1. The number of pyridine rings is 1. The van der Waals surface area contributed by atoms with Crippen LogP contribution in [0, 0.1) is 0 Å². The highest BCUT2D eigenvalue weighted by molar-refractivity contribution is 5.89. The highest BCUT2D eigenvalue weighted by atomic mass is 16.5. The van der Waals surface area contributed by atoms with Gasteiger partial charge in [0.1, 0.15) is 5.82 Å². The van der Waals surface area contributed by atoms with Crippen molar-refractivity contribution in [2.45, 2.75) is 13.0 Å². The number of nitrogens with one attached hydrogen (secondary N) is 2.